The van der Waals surface area contributed by atoms with E-state index in [4.69, 9.17) is 10.00 Å². The molecule has 27 heavy (non-hydrogen) atoms. The van der Waals surface area contributed by atoms with Crippen LogP contribution in [0.5, 0.6) is 0 Å². The molecule has 146 valence electrons. The van der Waals surface area contributed by atoms with Crippen LogP contribution in [-0.4, -0.2) is 76.1 Å². The van der Waals surface area contributed by atoms with Crippen LogP contribution in [0.2, 0.25) is 0 Å². The van der Waals surface area contributed by atoms with Gasteiger partial charge in [-0.05, 0) is 31.0 Å². The number of rotatable bonds is 4. The Morgan fingerprint density at radius 3 is 2.63 bits per heavy atom. The van der Waals surface area contributed by atoms with Crippen molar-refractivity contribution in [2.24, 2.45) is 0 Å². The van der Waals surface area contributed by atoms with Gasteiger partial charge in [-0.1, -0.05) is 6.07 Å². The predicted molar refractivity (Wildman–Crippen MR) is 103 cm³/mol. The number of anilines is 2. The van der Waals surface area contributed by atoms with E-state index in [1.54, 1.807) is 16.3 Å². The minimum absolute atomic E-state index is 0.121. The van der Waals surface area contributed by atoms with Crippen molar-refractivity contribution < 1.29 is 13.2 Å². The van der Waals surface area contributed by atoms with Crippen LogP contribution in [0.3, 0.4) is 0 Å². The van der Waals surface area contributed by atoms with Gasteiger partial charge in [0, 0.05) is 58.1 Å². The van der Waals surface area contributed by atoms with Gasteiger partial charge in [0.2, 0.25) is 0 Å². The maximum absolute atomic E-state index is 13.1. The van der Waals surface area contributed by atoms with E-state index in [9.17, 15) is 8.42 Å². The Morgan fingerprint density at radius 1 is 1.11 bits per heavy atom. The van der Waals surface area contributed by atoms with E-state index in [0.717, 1.165) is 25.2 Å². The van der Waals surface area contributed by atoms with Gasteiger partial charge < -0.3 is 14.5 Å². The molecule has 3 saturated heterocycles. The molecular formula is C18H25N5O3S. The molecule has 2 atom stereocenters. The van der Waals surface area contributed by atoms with Gasteiger partial charge in [-0.2, -0.15) is 18.0 Å². The Balaban J connectivity index is 1.53. The third kappa shape index (κ3) is 3.33. The van der Waals surface area contributed by atoms with E-state index in [0.29, 0.717) is 38.3 Å². The monoisotopic (exact) mass is 391 g/mol. The summed E-state index contributed by atoms with van der Waals surface area (Å²) in [5, 5.41) is 9.04. The lowest BCUT2D eigenvalue weighted by molar-refractivity contribution is 0.121. The fourth-order valence-electron chi connectivity index (χ4n) is 4.25. The largest absolute Gasteiger partial charge is 0.380 e. The minimum atomic E-state index is -3.56. The molecule has 8 nitrogen and oxygen atoms in total. The summed E-state index contributed by atoms with van der Waals surface area (Å²) < 4.78 is 34.7. The topological polar surface area (TPSA) is 80.1 Å². The lowest BCUT2D eigenvalue weighted by Gasteiger charge is -2.25. The summed E-state index contributed by atoms with van der Waals surface area (Å²) in [5.41, 5.74) is 1.73. The summed E-state index contributed by atoms with van der Waals surface area (Å²) in [4.78, 5) is 3.86. The first-order chi connectivity index (χ1) is 13.0. The van der Waals surface area contributed by atoms with Gasteiger partial charge in [-0.3, -0.25) is 4.31 Å². The van der Waals surface area contributed by atoms with Crippen molar-refractivity contribution in [2.75, 3.05) is 55.6 Å². The van der Waals surface area contributed by atoms with Crippen molar-refractivity contribution in [1.29, 1.82) is 5.26 Å². The number of nitrogens with zero attached hydrogens (tertiary/aromatic N) is 5. The van der Waals surface area contributed by atoms with Gasteiger partial charge in [0.05, 0.1) is 11.8 Å². The Hall–Kier alpha value is -2.02. The highest BCUT2D eigenvalue weighted by atomic mass is 32.2. The highest BCUT2D eigenvalue weighted by molar-refractivity contribution is 7.90. The molecule has 0 saturated carbocycles. The van der Waals surface area contributed by atoms with E-state index >= 15 is 0 Å². The first kappa shape index (κ1) is 18.3. The predicted octanol–water partition coefficient (Wildman–Crippen LogP) is 0.834. The van der Waals surface area contributed by atoms with Crippen molar-refractivity contribution in [2.45, 2.75) is 25.0 Å². The smallest absolute Gasteiger partial charge is 0.304 e. The summed E-state index contributed by atoms with van der Waals surface area (Å²) in [7, 11) is -1.84. The minimum Gasteiger partial charge on any atom is -0.380 e. The number of ether oxygens (including phenoxy) is 1. The van der Waals surface area contributed by atoms with Gasteiger partial charge in [0.15, 0.2) is 6.19 Å². The van der Waals surface area contributed by atoms with Crippen LogP contribution in [0.25, 0.3) is 0 Å². The Morgan fingerprint density at radius 2 is 1.93 bits per heavy atom. The average molecular weight is 391 g/mol. The molecule has 0 spiro atoms. The molecule has 9 heteroatoms. The summed E-state index contributed by atoms with van der Waals surface area (Å²) in [6, 6.07) is 7.61. The number of hydrogen-bond donors (Lipinski definition) is 0. The molecule has 3 heterocycles. The maximum atomic E-state index is 13.1. The highest BCUT2D eigenvalue weighted by Crippen LogP contribution is 2.32. The van der Waals surface area contributed by atoms with Gasteiger partial charge in [0.25, 0.3) is 0 Å². The molecule has 0 aromatic heterocycles. The van der Waals surface area contributed by atoms with Crippen LogP contribution < -0.4 is 9.21 Å². The van der Waals surface area contributed by atoms with E-state index < -0.39 is 10.2 Å². The zero-order valence-electron chi connectivity index (χ0n) is 15.5. The quantitative estimate of drug-likeness (QED) is 0.708. The molecule has 1 aromatic rings. The van der Waals surface area contributed by atoms with E-state index in [-0.39, 0.29) is 12.1 Å². The second kappa shape index (κ2) is 7.19. The second-order valence-electron chi connectivity index (χ2n) is 7.29. The first-order valence-electron chi connectivity index (χ1n) is 9.35. The molecule has 0 radical (unpaired) electrons. The highest BCUT2D eigenvalue weighted by Gasteiger charge is 2.43. The SMILES string of the molecule is CO[C@@H]1CCN(c2cccc(N3CCN([C@@H]4CCN(C#N)C4)S3(=O)=O)c2)C1. The number of benzene rings is 1. The van der Waals surface area contributed by atoms with E-state index in [1.165, 1.54) is 4.31 Å². The standard InChI is InChI=1S/C18H25N5O3S/c1-26-18-6-8-21(13-18)15-3-2-4-16(11-15)22-9-10-23(27(22,24)25)17-5-7-20(12-17)14-19/h2-4,11,17-18H,5-10,12-13H2,1H3/t17-,18-/m1/s1. The Kier molecular flexibility index (Phi) is 4.88. The number of likely N-dealkylation sites (tertiary alicyclic amines) is 1. The maximum Gasteiger partial charge on any atom is 0.304 e. The van der Waals surface area contributed by atoms with Crippen LogP contribution in [0.15, 0.2) is 24.3 Å². The van der Waals surface area contributed by atoms with Crippen LogP contribution in [0.4, 0.5) is 11.4 Å². The van der Waals surface area contributed by atoms with E-state index in [2.05, 4.69) is 11.1 Å². The molecule has 0 aliphatic carbocycles. The first-order valence-corrected chi connectivity index (χ1v) is 10.7. The fraction of sp³-hybridized carbons (Fsp3) is 0.611. The zero-order valence-corrected chi connectivity index (χ0v) is 16.3. The van der Waals surface area contributed by atoms with Crippen LogP contribution in [-0.2, 0) is 14.9 Å². The lowest BCUT2D eigenvalue weighted by atomic mass is 10.2. The van der Waals surface area contributed by atoms with Crippen molar-refractivity contribution in [3.63, 3.8) is 0 Å². The summed E-state index contributed by atoms with van der Waals surface area (Å²) in [6.45, 7) is 3.74. The van der Waals surface area contributed by atoms with Gasteiger partial charge in [-0.25, -0.2) is 0 Å². The summed E-state index contributed by atoms with van der Waals surface area (Å²) >= 11 is 0. The van der Waals surface area contributed by atoms with Crippen LogP contribution >= 0.6 is 0 Å². The molecule has 0 bridgehead atoms. The van der Waals surface area contributed by atoms with Gasteiger partial charge >= 0.3 is 10.2 Å². The van der Waals surface area contributed by atoms with Crippen molar-refractivity contribution in [1.82, 2.24) is 9.21 Å². The summed E-state index contributed by atoms with van der Waals surface area (Å²) in [5.74, 6) is 0. The molecule has 1 aromatic carbocycles. The molecule has 0 unspecified atom stereocenters. The molecule has 0 N–H and O–H groups in total. The average Bonchev–Trinajstić information content (AvgIpc) is 3.39. The molecule has 3 aliphatic heterocycles. The molecule has 3 fully saturated rings. The fourth-order valence-corrected chi connectivity index (χ4v) is 6.05. The zero-order chi connectivity index (χ0) is 19.0. The summed E-state index contributed by atoms with van der Waals surface area (Å²) in [6.07, 6.45) is 4.03. The third-order valence-electron chi connectivity index (χ3n) is 5.77. The van der Waals surface area contributed by atoms with Crippen molar-refractivity contribution >= 4 is 21.6 Å². The number of hydrogen-bond acceptors (Lipinski definition) is 6. The van der Waals surface area contributed by atoms with E-state index in [1.807, 2.05) is 24.3 Å². The molecule has 4 rings (SSSR count). The van der Waals surface area contributed by atoms with Gasteiger partial charge in [0.1, 0.15) is 0 Å². The van der Waals surface area contributed by atoms with Crippen molar-refractivity contribution in [3.05, 3.63) is 24.3 Å². The number of nitriles is 1. The molecular weight excluding hydrogens is 366 g/mol. The molecule has 0 amide bonds. The number of methoxy groups -OCH3 is 1. The normalized spacial score (nSPS) is 28.1. The van der Waals surface area contributed by atoms with Gasteiger partial charge in [-0.15, -0.1) is 0 Å². The van der Waals surface area contributed by atoms with Crippen LogP contribution in [0.1, 0.15) is 12.8 Å². The third-order valence-corrected chi connectivity index (χ3v) is 7.80. The Bertz CT molecular complexity index is 840. The Labute approximate surface area is 160 Å². The second-order valence-corrected chi connectivity index (χ2v) is 9.10. The lowest BCUT2D eigenvalue weighted by Crippen LogP contribution is -2.41. The van der Waals surface area contributed by atoms with Crippen LogP contribution in [0, 0.1) is 11.5 Å². The van der Waals surface area contributed by atoms with Crippen molar-refractivity contribution in [3.8, 4) is 6.19 Å². The molecule has 3 aliphatic rings.